The highest BCUT2D eigenvalue weighted by Crippen LogP contribution is 2.47. The Morgan fingerprint density at radius 3 is 0.892 bits per heavy atom. The predicted octanol–water partition coefficient (Wildman–Crippen LogP) is 15.9. The minimum Gasteiger partial charge on any atom is -0.399 e. The highest BCUT2D eigenvalue weighted by Gasteiger charge is 2.49. The van der Waals surface area contributed by atoms with Crippen LogP contribution in [0, 0.1) is 6.92 Å². The van der Waals surface area contributed by atoms with E-state index in [1.807, 2.05) is 24.3 Å². The lowest BCUT2D eigenvalue weighted by Gasteiger charge is -2.50. The highest BCUT2D eigenvalue weighted by molar-refractivity contribution is 6.35. The lowest BCUT2D eigenvalue weighted by atomic mass is 9.75. The summed E-state index contributed by atoms with van der Waals surface area (Å²) in [5, 5.41) is 64.1. The molecule has 8 heterocycles. The second-order valence-electron chi connectivity index (χ2n) is 39.0. The van der Waals surface area contributed by atoms with E-state index in [1.54, 1.807) is 48.5 Å². The molecule has 0 atom stereocenters. The van der Waals surface area contributed by atoms with Gasteiger partial charge in [-0.2, -0.15) is 20.3 Å². The highest BCUT2D eigenvalue weighted by atomic mass is 16.6. The second kappa shape index (κ2) is 28.1. The molecule has 8 aliphatic rings. The Morgan fingerprint density at radius 1 is 0.283 bits per heavy atom. The van der Waals surface area contributed by atoms with E-state index in [-0.39, 0.29) is 45.2 Å². The van der Waals surface area contributed by atoms with E-state index in [2.05, 4.69) is 176 Å². The summed E-state index contributed by atoms with van der Waals surface area (Å²) in [6.07, 6.45) is 5.43. The lowest BCUT2D eigenvalue weighted by Crippen LogP contribution is -2.57. The van der Waals surface area contributed by atoms with Crippen LogP contribution in [0.4, 0.5) is 17.1 Å². The maximum absolute atomic E-state index is 14.5. The number of anilines is 3. The number of piperidine rings is 4. The van der Waals surface area contributed by atoms with Gasteiger partial charge in [0.2, 0.25) is 0 Å². The van der Waals surface area contributed by atoms with Crippen molar-refractivity contribution < 1.29 is 68.7 Å². The number of aryl methyl sites for hydroxylation is 1. The fourth-order valence-electron chi connectivity index (χ4n) is 21.0. The molecule has 4 saturated heterocycles. The molecule has 0 saturated carbocycles. The van der Waals surface area contributed by atoms with E-state index in [0.717, 1.165) is 101 Å². The van der Waals surface area contributed by atoms with Crippen molar-refractivity contribution >= 4 is 130 Å². The molecule has 22 heteroatoms. The number of carbonyl (C=O) groups excluding carboxylic acids is 8. The molecule has 18 rings (SSSR count). The van der Waals surface area contributed by atoms with Crippen molar-refractivity contribution in [2.24, 2.45) is 0 Å². The summed E-state index contributed by atoms with van der Waals surface area (Å²) < 4.78 is 9.06. The van der Waals surface area contributed by atoms with Crippen molar-refractivity contribution in [2.45, 2.75) is 213 Å². The van der Waals surface area contributed by atoms with Crippen LogP contribution in [0.15, 0.2) is 146 Å². The summed E-state index contributed by atoms with van der Waals surface area (Å²) in [7, 11) is 1.45. The largest absolute Gasteiger partial charge is 0.399 e. The molecule has 4 amide bonds. The predicted molar refractivity (Wildman–Crippen MR) is 463 cm³/mol. The summed E-state index contributed by atoms with van der Waals surface area (Å²) in [5.74, 6) is -4.34. The fourth-order valence-corrected chi connectivity index (χ4v) is 21.0. The number of esters is 4. The minimum absolute atomic E-state index is 0.182. The van der Waals surface area contributed by atoms with Crippen molar-refractivity contribution in [1.82, 2.24) is 25.2 Å². The van der Waals surface area contributed by atoms with Crippen molar-refractivity contribution in [3.8, 4) is 22.3 Å². The zero-order chi connectivity index (χ0) is 86.6. The van der Waals surface area contributed by atoms with Gasteiger partial charge in [-0.1, -0.05) is 88.5 Å². The van der Waals surface area contributed by atoms with Crippen molar-refractivity contribution in [3.63, 3.8) is 0 Å². The molecule has 0 unspecified atom stereocenters. The average Bonchev–Trinajstić information content (AvgIpc) is 0.754. The van der Waals surface area contributed by atoms with Gasteiger partial charge < -0.3 is 41.8 Å². The number of hydrogen-bond acceptors (Lipinski definition) is 20. The number of cyclic esters (lactones) is 4. The van der Waals surface area contributed by atoms with Crippen LogP contribution in [0.3, 0.4) is 0 Å². The molecule has 22 nitrogen and oxygen atoms in total. The van der Waals surface area contributed by atoms with Crippen LogP contribution >= 0.6 is 0 Å². The van der Waals surface area contributed by atoms with Crippen LogP contribution in [0.1, 0.15) is 251 Å². The maximum Gasteiger partial charge on any atom is 0.346 e. The van der Waals surface area contributed by atoms with Gasteiger partial charge in [-0.15, -0.1) is 0 Å². The molecule has 618 valence electrons. The van der Waals surface area contributed by atoms with Crippen LogP contribution in [0.5, 0.6) is 0 Å². The summed E-state index contributed by atoms with van der Waals surface area (Å²) in [5.41, 5.74) is 21.6. The van der Waals surface area contributed by atoms with Gasteiger partial charge in [-0.25, -0.2) is 24.1 Å². The molecule has 10 aromatic rings. The number of imide groups is 2. The number of nitrogens with two attached hydrogens (primary N) is 2. The first-order valence-corrected chi connectivity index (χ1v) is 40.7. The van der Waals surface area contributed by atoms with Crippen molar-refractivity contribution in [1.29, 1.82) is 0 Å². The van der Waals surface area contributed by atoms with Crippen LogP contribution in [-0.4, -0.2) is 145 Å². The zero-order valence-corrected chi connectivity index (χ0v) is 71.2. The second-order valence-corrected chi connectivity index (χ2v) is 39.0. The fraction of sp³-hybridized carbons (Fsp3) is 0.347. The topological polar surface area (TPSA) is 307 Å². The normalized spacial score (nSPS) is 20.8. The number of hydroxylamine groups is 8. The van der Waals surface area contributed by atoms with Crippen LogP contribution in [0.25, 0.3) is 87.6 Å². The molecular weight excluding hydrogens is 1510 g/mol. The first-order chi connectivity index (χ1) is 56.0. The number of benzene rings is 10. The minimum atomic E-state index is -0.697. The summed E-state index contributed by atoms with van der Waals surface area (Å²) in [4.78, 5) is 103. The maximum atomic E-state index is 14.5. The smallest absolute Gasteiger partial charge is 0.346 e. The third-order valence-electron chi connectivity index (χ3n) is 25.8. The lowest BCUT2D eigenvalue weighted by molar-refractivity contribution is -0.228. The SMILES string of the molecule is CC1(C)CC(=c2c3ccc(N)cc3c(=C3CC(C)(C)N(O)C(C)(C)C3)c3ccc(N)cc23)CC(C)(C)N1O.Cc1ccc2c(=C3CC(C)(C)N(O)C(C)(C)C3)c3cc(N4C(=O)c5ccc(-c6ccc7c(c6)C(=O)N(C)C7=O)cc5C4=O)ccc3c(=C3CC(C)(C)N(O)C(C)(C)C3)c2c1.O=C1OC(=O)c2cc(-c3ccc4c(c3)C(=O)OC4=O)ccc21. The summed E-state index contributed by atoms with van der Waals surface area (Å²) in [6.45, 7) is 35.4. The first-order valence-electron chi connectivity index (χ1n) is 40.7. The molecule has 4 fully saturated rings. The molecule has 8 aliphatic heterocycles. The number of carbonyl (C=O) groups is 8. The quantitative estimate of drug-likeness (QED) is 0.0315. The Balaban J connectivity index is 0.000000151. The molecule has 0 spiro atoms. The Bertz CT molecular complexity index is 6330. The van der Waals surface area contributed by atoms with Gasteiger partial charge in [0.25, 0.3) is 23.6 Å². The number of ether oxygens (including phenoxy) is 2. The summed E-state index contributed by atoms with van der Waals surface area (Å²) in [6, 6.07) is 44.5. The zero-order valence-electron chi connectivity index (χ0n) is 71.2. The van der Waals surface area contributed by atoms with Crippen molar-refractivity contribution in [2.75, 3.05) is 23.4 Å². The Kier molecular flexibility index (Phi) is 19.2. The van der Waals surface area contributed by atoms with E-state index < -0.39 is 80.0 Å². The Hall–Kier alpha value is -11.4. The number of nitrogens with zero attached hydrogens (tertiary/aromatic N) is 6. The molecule has 0 aliphatic carbocycles. The van der Waals surface area contributed by atoms with E-state index >= 15 is 0 Å². The monoisotopic (exact) mass is 1610 g/mol. The standard InChI is InChI=1S/C50H52N4O6.C32H44N4O2.C16H6O6/c1-27-11-15-33-37(19-27)41(30-23-47(2,3)53(59)48(4,5)24-30)34-18-14-32(22-38(34)42(33)31-25-49(6,7)54(60)50(8,9)26-31)52-45(57)36-17-13-29(21-40(36)46(52)58)28-12-16-35-39(20-28)44(56)51(10)43(35)55;1-29(2)15-19(16-30(3,4)35(29)37)27-23-11-9-22(34)14-26(23)28(24-12-10-21(33)13-25(24)27)20-17-31(5,6)36(38)32(7,8)18-20;17-13-9-3-1-7(5-11(9)15(19)21-13)8-2-4-10-12(6-8)16(20)22-14(10)18/h11-22,59-60H,23-26H2,1-10H3;9-14,37-38H,15-18,33-34H2,1-8H3;1-6H. The van der Waals surface area contributed by atoms with E-state index in [4.69, 9.17) is 11.5 Å². The number of rotatable bonds is 3. The molecule has 10 aromatic carbocycles. The van der Waals surface area contributed by atoms with Crippen molar-refractivity contribution in [3.05, 3.63) is 217 Å². The van der Waals surface area contributed by atoms with Gasteiger partial charge in [0.05, 0.1) is 50.2 Å². The van der Waals surface area contributed by atoms with Crippen LogP contribution in [-0.2, 0) is 9.47 Å². The molecule has 0 radical (unpaired) electrons. The number of hydrogen-bond donors (Lipinski definition) is 6. The molecule has 0 bridgehead atoms. The Labute approximate surface area is 695 Å². The third kappa shape index (κ3) is 13.5. The molecular formula is C98H102N8O14. The van der Waals surface area contributed by atoms with Gasteiger partial charge >= 0.3 is 23.9 Å². The van der Waals surface area contributed by atoms with Gasteiger partial charge in [0.1, 0.15) is 0 Å². The number of nitrogen functional groups attached to an aromatic ring is 2. The first kappa shape index (κ1) is 82.3. The summed E-state index contributed by atoms with van der Waals surface area (Å²) >= 11 is 0. The van der Waals surface area contributed by atoms with Crippen LogP contribution in [0.2, 0.25) is 0 Å². The van der Waals surface area contributed by atoms with Gasteiger partial charge in [-0.05, 0) is 340 Å². The molecule has 0 aromatic heterocycles. The van der Waals surface area contributed by atoms with Gasteiger partial charge in [-0.3, -0.25) is 24.1 Å². The van der Waals surface area contributed by atoms with Gasteiger partial charge in [0, 0.05) is 62.7 Å². The molecule has 8 N–H and O–H groups in total. The third-order valence-corrected chi connectivity index (χ3v) is 25.8. The molecule has 120 heavy (non-hydrogen) atoms. The van der Waals surface area contributed by atoms with E-state index in [0.29, 0.717) is 64.8 Å². The Morgan fingerprint density at radius 2 is 0.542 bits per heavy atom. The van der Waals surface area contributed by atoms with E-state index in [1.165, 1.54) is 89.2 Å². The van der Waals surface area contributed by atoms with E-state index in [9.17, 15) is 59.2 Å². The number of fused-ring (bicyclic) bond motifs is 8. The van der Waals surface area contributed by atoms with Gasteiger partial charge in [0.15, 0.2) is 0 Å². The van der Waals surface area contributed by atoms with Crippen LogP contribution < -0.4 is 37.2 Å². The average molecular weight is 1620 g/mol. The number of amides is 4.